The predicted octanol–water partition coefficient (Wildman–Crippen LogP) is 2.87. The number of nitrogens with zero attached hydrogens (tertiary/aromatic N) is 1. The summed E-state index contributed by atoms with van der Waals surface area (Å²) in [6, 6.07) is 8.55. The van der Waals surface area contributed by atoms with Crippen molar-refractivity contribution in [2.24, 2.45) is 0 Å². The Morgan fingerprint density at radius 2 is 2.17 bits per heavy atom. The molecule has 5 nitrogen and oxygen atoms in total. The topological polar surface area (TPSA) is 63.2 Å². The molecule has 2 saturated heterocycles. The lowest BCUT2D eigenvalue weighted by Gasteiger charge is -2.21. The molecule has 2 aliphatic heterocycles. The fraction of sp³-hybridized carbons (Fsp3) is 0.412. The van der Waals surface area contributed by atoms with Gasteiger partial charge in [-0.05, 0) is 50.5 Å². The molecule has 23 heavy (non-hydrogen) atoms. The molecule has 120 valence electrons. The zero-order chi connectivity index (χ0) is 15.8. The molecule has 0 aliphatic carbocycles. The van der Waals surface area contributed by atoms with Crippen LogP contribution in [0.4, 0.5) is 0 Å². The van der Waals surface area contributed by atoms with E-state index in [1.54, 1.807) is 18.3 Å². The zero-order valence-electron chi connectivity index (χ0n) is 12.9. The van der Waals surface area contributed by atoms with Crippen molar-refractivity contribution >= 4 is 17.2 Å². The van der Waals surface area contributed by atoms with E-state index < -0.39 is 0 Å². The van der Waals surface area contributed by atoms with Gasteiger partial charge in [0.25, 0.3) is 5.91 Å². The van der Waals surface area contributed by atoms with E-state index >= 15 is 0 Å². The zero-order valence-corrected chi connectivity index (χ0v) is 13.7. The summed E-state index contributed by atoms with van der Waals surface area (Å²) in [7, 11) is 0. The summed E-state index contributed by atoms with van der Waals surface area (Å²) in [5.41, 5.74) is 0.667. The Hall–Kier alpha value is -1.92. The highest BCUT2D eigenvalue weighted by Gasteiger charge is 2.39. The fourth-order valence-electron chi connectivity index (χ4n) is 3.41. The quantitative estimate of drug-likeness (QED) is 0.905. The van der Waals surface area contributed by atoms with Gasteiger partial charge in [0.2, 0.25) is 5.06 Å². The molecule has 6 heteroatoms. The van der Waals surface area contributed by atoms with Gasteiger partial charge in [-0.25, -0.2) is 4.98 Å². The molecule has 2 fully saturated rings. The van der Waals surface area contributed by atoms with Gasteiger partial charge in [0.1, 0.15) is 5.75 Å². The summed E-state index contributed by atoms with van der Waals surface area (Å²) in [5.74, 6) is 0.705. The number of aryl methyl sites for hydroxylation is 1. The van der Waals surface area contributed by atoms with Gasteiger partial charge in [0.05, 0.1) is 11.2 Å². The van der Waals surface area contributed by atoms with Crippen LogP contribution in [0.1, 0.15) is 34.6 Å². The van der Waals surface area contributed by atoms with E-state index in [0.29, 0.717) is 23.4 Å². The highest BCUT2D eigenvalue weighted by molar-refractivity contribution is 7.13. The molecule has 3 heterocycles. The maximum absolute atomic E-state index is 12.4. The van der Waals surface area contributed by atoms with Crippen LogP contribution in [0.15, 0.2) is 30.5 Å². The lowest BCUT2D eigenvalue weighted by molar-refractivity contribution is 0.0931. The first-order chi connectivity index (χ1) is 11.2. The minimum atomic E-state index is -0.00969. The van der Waals surface area contributed by atoms with Crippen molar-refractivity contribution in [1.82, 2.24) is 15.6 Å². The maximum Gasteiger partial charge on any atom is 0.251 e. The van der Waals surface area contributed by atoms with Crippen LogP contribution in [0.2, 0.25) is 0 Å². The van der Waals surface area contributed by atoms with Crippen molar-refractivity contribution in [3.05, 3.63) is 41.0 Å². The third-order valence-electron chi connectivity index (χ3n) is 4.55. The Balaban J connectivity index is 1.38. The van der Waals surface area contributed by atoms with Crippen molar-refractivity contribution in [2.45, 2.75) is 44.3 Å². The smallest absolute Gasteiger partial charge is 0.251 e. The van der Waals surface area contributed by atoms with Gasteiger partial charge in [-0.2, -0.15) is 0 Å². The number of amides is 1. The largest absolute Gasteiger partial charge is 0.445 e. The number of rotatable bonds is 4. The van der Waals surface area contributed by atoms with E-state index in [-0.39, 0.29) is 11.9 Å². The third-order valence-corrected chi connectivity index (χ3v) is 5.34. The Morgan fingerprint density at radius 1 is 1.35 bits per heavy atom. The van der Waals surface area contributed by atoms with E-state index in [1.165, 1.54) is 17.8 Å². The van der Waals surface area contributed by atoms with E-state index in [2.05, 4.69) is 15.6 Å². The van der Waals surface area contributed by atoms with Crippen LogP contribution in [-0.4, -0.2) is 29.0 Å². The molecule has 0 unspecified atom stereocenters. The van der Waals surface area contributed by atoms with Gasteiger partial charge in [-0.3, -0.25) is 4.79 Å². The lowest BCUT2D eigenvalue weighted by Crippen LogP contribution is -2.42. The maximum atomic E-state index is 12.4. The van der Waals surface area contributed by atoms with Gasteiger partial charge in [0, 0.05) is 23.7 Å². The van der Waals surface area contributed by atoms with Crippen LogP contribution in [0.5, 0.6) is 10.8 Å². The molecule has 2 bridgehead atoms. The number of ether oxygens (including phenoxy) is 1. The first-order valence-electron chi connectivity index (χ1n) is 7.94. The van der Waals surface area contributed by atoms with E-state index in [1.807, 2.05) is 19.1 Å². The number of thiazole rings is 1. The summed E-state index contributed by atoms with van der Waals surface area (Å²) in [4.78, 5) is 16.5. The predicted molar refractivity (Wildman–Crippen MR) is 89.2 cm³/mol. The van der Waals surface area contributed by atoms with Gasteiger partial charge >= 0.3 is 0 Å². The molecule has 2 aromatic rings. The number of fused-ring (bicyclic) bond motifs is 2. The van der Waals surface area contributed by atoms with Crippen LogP contribution in [-0.2, 0) is 0 Å². The minimum Gasteiger partial charge on any atom is -0.445 e. The summed E-state index contributed by atoms with van der Waals surface area (Å²) in [6.07, 6.45) is 5.15. The number of benzene rings is 1. The Labute approximate surface area is 139 Å². The number of carbonyl (C=O) groups excluding carboxylic acids is 1. The van der Waals surface area contributed by atoms with Crippen molar-refractivity contribution in [2.75, 3.05) is 0 Å². The molecular weight excluding hydrogens is 310 g/mol. The molecule has 1 amide bonds. The molecule has 3 atom stereocenters. The second-order valence-corrected chi connectivity index (χ2v) is 7.39. The highest BCUT2D eigenvalue weighted by Crippen LogP contribution is 2.29. The molecule has 2 aliphatic rings. The standard InChI is InChI=1S/C17H19N3O2S/c1-10-18-9-16(23-10)22-13-5-2-11(3-6-13)17(21)20-15-8-12-4-7-14(15)19-12/h2-3,5-6,9,12,14-15,19H,4,7-8H2,1H3,(H,20,21)/t12-,14+,15-/m1/s1. The Bertz CT molecular complexity index is 713. The van der Waals surface area contributed by atoms with E-state index in [4.69, 9.17) is 4.74 Å². The molecule has 1 aromatic carbocycles. The molecular formula is C17H19N3O2S. The van der Waals surface area contributed by atoms with Crippen LogP contribution >= 0.6 is 11.3 Å². The summed E-state index contributed by atoms with van der Waals surface area (Å²) in [6.45, 7) is 1.94. The summed E-state index contributed by atoms with van der Waals surface area (Å²) >= 11 is 1.50. The van der Waals surface area contributed by atoms with Gasteiger partial charge in [-0.15, -0.1) is 0 Å². The minimum absolute atomic E-state index is 0.00969. The van der Waals surface area contributed by atoms with Gasteiger partial charge in [-0.1, -0.05) is 11.3 Å². The van der Waals surface area contributed by atoms with E-state index in [9.17, 15) is 4.79 Å². The monoisotopic (exact) mass is 329 g/mol. The Kier molecular flexibility index (Phi) is 3.79. The number of hydrogen-bond donors (Lipinski definition) is 2. The third kappa shape index (κ3) is 3.09. The highest BCUT2D eigenvalue weighted by atomic mass is 32.1. The molecule has 4 rings (SSSR count). The average Bonchev–Trinajstić information content (AvgIpc) is 3.25. The fourth-order valence-corrected chi connectivity index (χ4v) is 4.05. The molecule has 2 N–H and O–H groups in total. The van der Waals surface area contributed by atoms with Crippen LogP contribution < -0.4 is 15.4 Å². The second-order valence-electron chi connectivity index (χ2n) is 6.19. The number of aromatic nitrogens is 1. The van der Waals surface area contributed by atoms with Crippen molar-refractivity contribution in [3.63, 3.8) is 0 Å². The summed E-state index contributed by atoms with van der Waals surface area (Å²) < 4.78 is 5.72. The molecule has 0 radical (unpaired) electrons. The van der Waals surface area contributed by atoms with Crippen molar-refractivity contribution in [3.8, 4) is 10.8 Å². The van der Waals surface area contributed by atoms with Crippen molar-refractivity contribution in [1.29, 1.82) is 0 Å². The van der Waals surface area contributed by atoms with Crippen LogP contribution in [0.25, 0.3) is 0 Å². The number of nitrogens with one attached hydrogen (secondary N) is 2. The van der Waals surface area contributed by atoms with Crippen LogP contribution in [0.3, 0.4) is 0 Å². The number of hydrogen-bond acceptors (Lipinski definition) is 5. The normalized spacial score (nSPS) is 25.5. The SMILES string of the molecule is Cc1ncc(Oc2ccc(C(=O)N[C@@H]3C[C@H]4CC[C@@H]3N4)cc2)s1. The second kappa shape index (κ2) is 5.94. The van der Waals surface area contributed by atoms with E-state index in [0.717, 1.165) is 22.9 Å². The molecule has 0 saturated carbocycles. The first-order valence-corrected chi connectivity index (χ1v) is 8.76. The molecule has 1 aromatic heterocycles. The Morgan fingerprint density at radius 3 is 2.78 bits per heavy atom. The van der Waals surface area contributed by atoms with Gasteiger partial charge in [0.15, 0.2) is 0 Å². The first kappa shape index (κ1) is 14.7. The average molecular weight is 329 g/mol. The summed E-state index contributed by atoms with van der Waals surface area (Å²) in [5, 5.41) is 8.41. The van der Waals surface area contributed by atoms with Crippen LogP contribution in [0, 0.1) is 6.92 Å². The molecule has 0 spiro atoms. The lowest BCUT2D eigenvalue weighted by atomic mass is 9.95. The van der Waals surface area contributed by atoms with Gasteiger partial charge < -0.3 is 15.4 Å². The van der Waals surface area contributed by atoms with Crippen molar-refractivity contribution < 1.29 is 9.53 Å². The number of carbonyl (C=O) groups is 1.